The van der Waals surface area contributed by atoms with Crippen LogP contribution in [0.3, 0.4) is 0 Å². The highest BCUT2D eigenvalue weighted by Crippen LogP contribution is 2.26. The van der Waals surface area contributed by atoms with Gasteiger partial charge in [0.1, 0.15) is 5.82 Å². The number of methoxy groups -OCH3 is 1. The fraction of sp³-hybridized carbons (Fsp3) is 0.318. The van der Waals surface area contributed by atoms with Crippen molar-refractivity contribution in [2.24, 2.45) is 7.05 Å². The largest absolute Gasteiger partial charge is 0.494 e. The number of H-pyrrole nitrogens is 1. The maximum Gasteiger partial charge on any atom is 0.273 e. The van der Waals surface area contributed by atoms with Gasteiger partial charge >= 0.3 is 0 Å². The van der Waals surface area contributed by atoms with Crippen molar-refractivity contribution in [3.63, 3.8) is 0 Å². The normalized spacial score (nSPS) is 13.5. The number of benzene rings is 1. The lowest BCUT2D eigenvalue weighted by Gasteiger charge is -2.08. The number of ether oxygens (including phenoxy) is 1. The predicted octanol–water partition coefficient (Wildman–Crippen LogP) is 2.55. The third-order valence-corrected chi connectivity index (χ3v) is 5.67. The number of nitrogens with one attached hydrogen (secondary N) is 2. The molecule has 3 heterocycles. The van der Waals surface area contributed by atoms with Crippen molar-refractivity contribution in [2.45, 2.75) is 32.2 Å². The van der Waals surface area contributed by atoms with E-state index in [1.807, 2.05) is 19.3 Å². The van der Waals surface area contributed by atoms with Gasteiger partial charge in [-0.2, -0.15) is 10.2 Å². The first-order chi connectivity index (χ1) is 15.0. The maximum atomic E-state index is 12.4. The Balaban J connectivity index is 1.43. The molecule has 5 rings (SSSR count). The summed E-state index contributed by atoms with van der Waals surface area (Å²) in [5, 5.41) is 15.7. The first kappa shape index (κ1) is 19.2. The van der Waals surface area contributed by atoms with Crippen LogP contribution in [0, 0.1) is 6.92 Å². The molecule has 0 saturated heterocycles. The Bertz CT molecular complexity index is 1290. The highest BCUT2D eigenvalue weighted by molar-refractivity contribution is 5.95. The van der Waals surface area contributed by atoms with Crippen LogP contribution < -0.4 is 10.1 Å². The molecule has 158 valence electrons. The van der Waals surface area contributed by atoms with Gasteiger partial charge in [0, 0.05) is 36.7 Å². The fourth-order valence-electron chi connectivity index (χ4n) is 3.63. The zero-order valence-electron chi connectivity index (χ0n) is 17.6. The van der Waals surface area contributed by atoms with Crippen LogP contribution in [-0.2, 0) is 13.5 Å². The van der Waals surface area contributed by atoms with Crippen molar-refractivity contribution in [1.82, 2.24) is 35.3 Å². The number of aromatic amines is 1. The van der Waals surface area contributed by atoms with E-state index in [9.17, 15) is 4.79 Å². The molecular formula is C22H23N7O2. The molecule has 0 bridgehead atoms. The van der Waals surface area contributed by atoms with Crippen molar-refractivity contribution in [3.05, 3.63) is 53.2 Å². The standard InChI is InChI=1S/C22H23N7O2/c1-12-13(4-7-17-16(12)11-24-27-17)9-19-26-21(28-29(19)2)14-8-18(31-3)20(23-10-14)22(30)25-15-5-6-15/h4,7-8,10-11,15H,5-6,9H2,1-3H3,(H,24,27)(H,25,30). The predicted molar refractivity (Wildman–Crippen MR) is 115 cm³/mol. The molecule has 4 aromatic rings. The summed E-state index contributed by atoms with van der Waals surface area (Å²) in [6, 6.07) is 6.13. The number of hydrogen-bond donors (Lipinski definition) is 2. The molecule has 1 saturated carbocycles. The number of carbonyl (C=O) groups excluding carboxylic acids is 1. The summed E-state index contributed by atoms with van der Waals surface area (Å²) in [5.41, 5.74) is 4.33. The molecule has 1 aliphatic carbocycles. The van der Waals surface area contributed by atoms with Crippen LogP contribution in [0.5, 0.6) is 5.75 Å². The quantitative estimate of drug-likeness (QED) is 0.499. The summed E-state index contributed by atoms with van der Waals surface area (Å²) in [6.45, 7) is 2.09. The molecule has 1 aromatic carbocycles. The first-order valence-corrected chi connectivity index (χ1v) is 10.2. The van der Waals surface area contributed by atoms with E-state index in [2.05, 4.69) is 38.6 Å². The number of amides is 1. The highest BCUT2D eigenvalue weighted by atomic mass is 16.5. The van der Waals surface area contributed by atoms with Gasteiger partial charge in [-0.15, -0.1) is 0 Å². The maximum absolute atomic E-state index is 12.4. The lowest BCUT2D eigenvalue weighted by atomic mass is 10.0. The monoisotopic (exact) mass is 417 g/mol. The third kappa shape index (κ3) is 3.63. The molecule has 1 amide bonds. The molecule has 9 heteroatoms. The van der Waals surface area contributed by atoms with Gasteiger partial charge in [0.15, 0.2) is 17.3 Å². The second kappa shape index (κ2) is 7.50. The Morgan fingerprint density at radius 2 is 2.16 bits per heavy atom. The van der Waals surface area contributed by atoms with Crippen molar-refractivity contribution in [3.8, 4) is 17.1 Å². The van der Waals surface area contributed by atoms with Gasteiger partial charge in [-0.1, -0.05) is 6.07 Å². The van der Waals surface area contributed by atoms with E-state index in [0.29, 0.717) is 23.6 Å². The van der Waals surface area contributed by atoms with Crippen LogP contribution in [0.15, 0.2) is 30.6 Å². The van der Waals surface area contributed by atoms with Gasteiger partial charge in [0.05, 0.1) is 18.8 Å². The van der Waals surface area contributed by atoms with E-state index in [0.717, 1.165) is 29.6 Å². The van der Waals surface area contributed by atoms with E-state index in [4.69, 9.17) is 9.72 Å². The van der Waals surface area contributed by atoms with E-state index < -0.39 is 0 Å². The Kier molecular flexibility index (Phi) is 4.65. The van der Waals surface area contributed by atoms with Gasteiger partial charge in [-0.05, 0) is 43.0 Å². The minimum absolute atomic E-state index is 0.217. The smallest absolute Gasteiger partial charge is 0.273 e. The number of aryl methyl sites for hydroxylation is 2. The Hall–Kier alpha value is -3.75. The molecule has 0 atom stereocenters. The number of fused-ring (bicyclic) bond motifs is 1. The van der Waals surface area contributed by atoms with Gasteiger partial charge < -0.3 is 10.1 Å². The number of nitrogens with zero attached hydrogens (tertiary/aromatic N) is 5. The van der Waals surface area contributed by atoms with E-state index >= 15 is 0 Å². The molecular weight excluding hydrogens is 394 g/mol. The summed E-state index contributed by atoms with van der Waals surface area (Å²) in [5.74, 6) is 1.56. The van der Waals surface area contributed by atoms with Gasteiger partial charge in [0.25, 0.3) is 5.91 Å². The molecule has 0 unspecified atom stereocenters. The van der Waals surface area contributed by atoms with Gasteiger partial charge in [-0.25, -0.2) is 9.97 Å². The average molecular weight is 417 g/mol. The van der Waals surface area contributed by atoms with Crippen LogP contribution in [0.2, 0.25) is 0 Å². The first-order valence-electron chi connectivity index (χ1n) is 10.2. The summed E-state index contributed by atoms with van der Waals surface area (Å²) in [7, 11) is 3.40. The van der Waals surface area contributed by atoms with Crippen LogP contribution in [0.4, 0.5) is 0 Å². The topological polar surface area (TPSA) is 111 Å². The fourth-order valence-corrected chi connectivity index (χ4v) is 3.63. The second-order valence-electron chi connectivity index (χ2n) is 7.86. The Morgan fingerprint density at radius 3 is 2.94 bits per heavy atom. The minimum atomic E-state index is -0.217. The van der Waals surface area contributed by atoms with Crippen molar-refractivity contribution in [2.75, 3.05) is 7.11 Å². The van der Waals surface area contributed by atoms with Crippen molar-refractivity contribution < 1.29 is 9.53 Å². The molecule has 31 heavy (non-hydrogen) atoms. The van der Waals surface area contributed by atoms with E-state index in [-0.39, 0.29) is 17.6 Å². The average Bonchev–Trinajstić information content (AvgIpc) is 3.31. The summed E-state index contributed by atoms with van der Waals surface area (Å²) in [4.78, 5) is 21.5. The van der Waals surface area contributed by atoms with Crippen LogP contribution in [0.1, 0.15) is 40.3 Å². The van der Waals surface area contributed by atoms with Crippen molar-refractivity contribution >= 4 is 16.8 Å². The molecule has 1 fully saturated rings. The number of hydrogen-bond acceptors (Lipinski definition) is 6. The van der Waals surface area contributed by atoms with Crippen LogP contribution >= 0.6 is 0 Å². The summed E-state index contributed by atoms with van der Waals surface area (Å²) < 4.78 is 7.19. The zero-order valence-corrected chi connectivity index (χ0v) is 17.6. The van der Waals surface area contributed by atoms with E-state index in [1.165, 1.54) is 18.2 Å². The minimum Gasteiger partial charge on any atom is -0.494 e. The van der Waals surface area contributed by atoms with Gasteiger partial charge in [0.2, 0.25) is 0 Å². The molecule has 9 nitrogen and oxygen atoms in total. The molecule has 0 spiro atoms. The Morgan fingerprint density at radius 1 is 1.32 bits per heavy atom. The number of pyridine rings is 1. The lowest BCUT2D eigenvalue weighted by molar-refractivity contribution is 0.0942. The summed E-state index contributed by atoms with van der Waals surface area (Å²) in [6.07, 6.45) is 6.13. The van der Waals surface area contributed by atoms with Gasteiger partial charge in [-0.3, -0.25) is 14.6 Å². The SMILES string of the molecule is COc1cc(-c2nc(Cc3ccc4[nH]ncc4c3C)n(C)n2)cnc1C(=O)NC1CC1. The van der Waals surface area contributed by atoms with E-state index in [1.54, 1.807) is 16.9 Å². The van der Waals surface area contributed by atoms with Crippen LogP contribution in [-0.4, -0.2) is 49.0 Å². The number of carbonyl (C=O) groups is 1. The summed E-state index contributed by atoms with van der Waals surface area (Å²) >= 11 is 0. The molecule has 3 aromatic heterocycles. The third-order valence-electron chi connectivity index (χ3n) is 5.67. The van der Waals surface area contributed by atoms with Crippen LogP contribution in [0.25, 0.3) is 22.3 Å². The second-order valence-corrected chi connectivity index (χ2v) is 7.86. The number of aromatic nitrogens is 6. The highest BCUT2D eigenvalue weighted by Gasteiger charge is 2.26. The Labute approximate surface area is 178 Å². The zero-order chi connectivity index (χ0) is 21.5. The number of rotatable bonds is 6. The van der Waals surface area contributed by atoms with Crippen molar-refractivity contribution in [1.29, 1.82) is 0 Å². The lowest BCUT2D eigenvalue weighted by Crippen LogP contribution is -2.26. The molecule has 0 radical (unpaired) electrons. The molecule has 0 aliphatic heterocycles. The molecule has 1 aliphatic rings. The molecule has 2 N–H and O–H groups in total.